The molecule has 0 aliphatic carbocycles. The van der Waals surface area contributed by atoms with Crippen molar-refractivity contribution in [3.8, 4) is 0 Å². The van der Waals surface area contributed by atoms with Crippen LogP contribution in [0.4, 0.5) is 5.69 Å². The first-order chi connectivity index (χ1) is 9.65. The molecule has 1 unspecified atom stereocenters. The van der Waals surface area contributed by atoms with Gasteiger partial charge in [0.05, 0.1) is 0 Å². The molecule has 0 bridgehead atoms. The maximum atomic E-state index is 11.7. The summed E-state index contributed by atoms with van der Waals surface area (Å²) in [4.78, 5) is 11.7. The van der Waals surface area contributed by atoms with Gasteiger partial charge in [0, 0.05) is 41.0 Å². The van der Waals surface area contributed by atoms with Crippen LogP contribution in [0.2, 0.25) is 0 Å². The quantitative estimate of drug-likeness (QED) is 0.735. The first kappa shape index (κ1) is 16.9. The molecule has 20 heavy (non-hydrogen) atoms. The zero-order chi connectivity index (χ0) is 14.8. The van der Waals surface area contributed by atoms with Gasteiger partial charge in [0.2, 0.25) is 5.91 Å². The van der Waals surface area contributed by atoms with E-state index in [4.69, 9.17) is 5.73 Å². The molecule has 1 aromatic rings. The largest absolute Gasteiger partial charge is 0.326 e. The lowest BCUT2D eigenvalue weighted by Crippen LogP contribution is -2.13. The number of nitrogens with one attached hydrogen (secondary N) is 1. The Hall–Kier alpha value is -1.20. The van der Waals surface area contributed by atoms with Crippen LogP contribution < -0.4 is 11.1 Å². The highest BCUT2D eigenvalue weighted by Crippen LogP contribution is 2.10. The lowest BCUT2D eigenvalue weighted by Gasteiger charge is -2.06. The fraction of sp³-hybridized carbons (Fsp3) is 0.533. The third-order valence-electron chi connectivity index (χ3n) is 2.97. The molecule has 5 heteroatoms. The normalized spacial score (nSPS) is 12.1. The zero-order valence-electron chi connectivity index (χ0n) is 12.1. The van der Waals surface area contributed by atoms with Gasteiger partial charge in [-0.3, -0.25) is 9.00 Å². The molecule has 0 fully saturated rings. The number of amides is 1. The molecule has 1 atom stereocenters. The summed E-state index contributed by atoms with van der Waals surface area (Å²) in [6.45, 7) is 2.58. The zero-order valence-corrected chi connectivity index (χ0v) is 12.9. The Balaban J connectivity index is 2.24. The predicted molar refractivity (Wildman–Crippen MR) is 85.0 cm³/mol. The number of unbranched alkanes of at least 4 members (excludes halogenated alkanes) is 1. The van der Waals surface area contributed by atoms with Crippen molar-refractivity contribution in [2.24, 2.45) is 5.73 Å². The van der Waals surface area contributed by atoms with Gasteiger partial charge in [0.15, 0.2) is 0 Å². The Morgan fingerprint density at radius 2 is 1.85 bits per heavy atom. The Morgan fingerprint density at radius 1 is 1.20 bits per heavy atom. The minimum atomic E-state index is -0.781. The molecule has 1 rings (SSSR count). The first-order valence-corrected chi connectivity index (χ1v) is 8.58. The van der Waals surface area contributed by atoms with Crippen LogP contribution in [0.1, 0.15) is 38.2 Å². The molecule has 0 saturated carbocycles. The summed E-state index contributed by atoms with van der Waals surface area (Å²) >= 11 is 0. The number of carbonyl (C=O) groups is 1. The topological polar surface area (TPSA) is 72.2 Å². The van der Waals surface area contributed by atoms with E-state index in [0.717, 1.165) is 29.8 Å². The van der Waals surface area contributed by atoms with Crippen LogP contribution in [-0.2, 0) is 22.1 Å². The number of benzene rings is 1. The highest BCUT2D eigenvalue weighted by atomic mass is 32.2. The molecule has 4 nitrogen and oxygen atoms in total. The van der Waals surface area contributed by atoms with Gasteiger partial charge in [0.1, 0.15) is 0 Å². The van der Waals surface area contributed by atoms with Crippen molar-refractivity contribution in [3.63, 3.8) is 0 Å². The van der Waals surface area contributed by atoms with Crippen LogP contribution in [0.25, 0.3) is 0 Å². The summed E-state index contributed by atoms with van der Waals surface area (Å²) in [5.41, 5.74) is 7.33. The van der Waals surface area contributed by atoms with Crippen molar-refractivity contribution >= 4 is 22.4 Å². The number of anilines is 1. The molecule has 3 N–H and O–H groups in total. The van der Waals surface area contributed by atoms with Gasteiger partial charge >= 0.3 is 0 Å². The molecule has 0 aliphatic heterocycles. The SMILES string of the molecule is CCCCS(=O)CCCC(=O)Nc1ccc(CN)cc1. The lowest BCUT2D eigenvalue weighted by atomic mass is 10.2. The van der Waals surface area contributed by atoms with E-state index in [1.165, 1.54) is 0 Å². The van der Waals surface area contributed by atoms with Crippen LogP contribution >= 0.6 is 0 Å². The molecule has 0 aromatic heterocycles. The van der Waals surface area contributed by atoms with Gasteiger partial charge in [-0.15, -0.1) is 0 Å². The van der Waals surface area contributed by atoms with Crippen molar-refractivity contribution in [1.29, 1.82) is 0 Å². The molecule has 112 valence electrons. The minimum absolute atomic E-state index is 0.0296. The second-order valence-corrected chi connectivity index (χ2v) is 6.45. The minimum Gasteiger partial charge on any atom is -0.326 e. The van der Waals surface area contributed by atoms with Gasteiger partial charge < -0.3 is 11.1 Å². The molecule has 0 saturated heterocycles. The van der Waals surface area contributed by atoms with E-state index in [-0.39, 0.29) is 5.91 Å². The molecule has 0 spiro atoms. The van der Waals surface area contributed by atoms with Crippen molar-refractivity contribution in [2.75, 3.05) is 16.8 Å². The summed E-state index contributed by atoms with van der Waals surface area (Å²) in [6, 6.07) is 7.49. The van der Waals surface area contributed by atoms with E-state index in [1.807, 2.05) is 24.3 Å². The van der Waals surface area contributed by atoms with Crippen molar-refractivity contribution < 1.29 is 9.00 Å². The maximum absolute atomic E-state index is 11.7. The summed E-state index contributed by atoms with van der Waals surface area (Å²) in [5, 5.41) is 2.83. The molecule has 0 radical (unpaired) electrons. The average molecular weight is 296 g/mol. The molecule has 1 amide bonds. The van der Waals surface area contributed by atoms with E-state index < -0.39 is 10.8 Å². The van der Waals surface area contributed by atoms with Crippen molar-refractivity contribution in [2.45, 2.75) is 39.2 Å². The molecular formula is C15H24N2O2S. The lowest BCUT2D eigenvalue weighted by molar-refractivity contribution is -0.116. The molecule has 1 aromatic carbocycles. The van der Waals surface area contributed by atoms with Gasteiger partial charge in [-0.2, -0.15) is 0 Å². The third-order valence-corrected chi connectivity index (χ3v) is 4.46. The van der Waals surface area contributed by atoms with Crippen LogP contribution in [0.5, 0.6) is 0 Å². The Morgan fingerprint density at radius 3 is 2.45 bits per heavy atom. The van der Waals surface area contributed by atoms with E-state index in [2.05, 4.69) is 12.2 Å². The van der Waals surface area contributed by atoms with Crippen LogP contribution in [0.3, 0.4) is 0 Å². The monoisotopic (exact) mass is 296 g/mol. The fourth-order valence-corrected chi connectivity index (χ4v) is 3.03. The van der Waals surface area contributed by atoms with Gasteiger partial charge in [-0.25, -0.2) is 0 Å². The highest BCUT2D eigenvalue weighted by Gasteiger charge is 2.05. The van der Waals surface area contributed by atoms with Crippen molar-refractivity contribution in [3.05, 3.63) is 29.8 Å². The number of nitrogens with two attached hydrogens (primary N) is 1. The molecular weight excluding hydrogens is 272 g/mol. The number of hydrogen-bond acceptors (Lipinski definition) is 3. The second-order valence-electron chi connectivity index (χ2n) is 4.75. The van der Waals surface area contributed by atoms with Crippen molar-refractivity contribution in [1.82, 2.24) is 0 Å². The van der Waals surface area contributed by atoms with Gasteiger partial charge in [0.25, 0.3) is 0 Å². The first-order valence-electron chi connectivity index (χ1n) is 7.09. The predicted octanol–water partition coefficient (Wildman–Crippen LogP) is 2.41. The smallest absolute Gasteiger partial charge is 0.224 e. The van der Waals surface area contributed by atoms with E-state index >= 15 is 0 Å². The summed E-state index contributed by atoms with van der Waals surface area (Å²) < 4.78 is 11.6. The van der Waals surface area contributed by atoms with Crippen LogP contribution in [0, 0.1) is 0 Å². The molecule has 0 heterocycles. The summed E-state index contributed by atoms with van der Waals surface area (Å²) in [5.74, 6) is 1.33. The molecule has 0 aliphatic rings. The van der Waals surface area contributed by atoms with Crippen LogP contribution in [0.15, 0.2) is 24.3 Å². The second kappa shape index (κ2) is 9.66. The van der Waals surface area contributed by atoms with E-state index in [0.29, 0.717) is 25.1 Å². The maximum Gasteiger partial charge on any atom is 0.224 e. The Labute approximate surface area is 123 Å². The highest BCUT2D eigenvalue weighted by molar-refractivity contribution is 7.84. The van der Waals surface area contributed by atoms with Gasteiger partial charge in [-0.05, 0) is 30.5 Å². The summed E-state index contributed by atoms with van der Waals surface area (Å²) in [6.07, 6.45) is 3.14. The number of carbonyl (C=O) groups excluding carboxylic acids is 1. The number of hydrogen-bond donors (Lipinski definition) is 2. The Kier molecular flexibility index (Phi) is 8.14. The van der Waals surface area contributed by atoms with Gasteiger partial charge in [-0.1, -0.05) is 25.5 Å². The summed E-state index contributed by atoms with van der Waals surface area (Å²) in [7, 11) is -0.781. The standard InChI is InChI=1S/C15H24N2O2S/c1-2-3-10-20(19)11-4-5-15(18)17-14-8-6-13(12-16)7-9-14/h6-9H,2-5,10-12,16H2,1H3,(H,17,18). The van der Waals surface area contributed by atoms with Crippen LogP contribution in [-0.4, -0.2) is 21.6 Å². The third kappa shape index (κ3) is 6.82. The average Bonchev–Trinajstić information content (AvgIpc) is 2.46. The fourth-order valence-electron chi connectivity index (χ4n) is 1.75. The van der Waals surface area contributed by atoms with E-state index in [1.54, 1.807) is 0 Å². The number of rotatable bonds is 9. The Bertz CT molecular complexity index is 432. The van der Waals surface area contributed by atoms with E-state index in [9.17, 15) is 9.00 Å².